The molecule has 1 heterocycles. The number of hydrogen-bond acceptors (Lipinski definition) is 4. The third-order valence-corrected chi connectivity index (χ3v) is 6.20. The van der Waals surface area contributed by atoms with Gasteiger partial charge in [0.2, 0.25) is 5.91 Å². The fraction of sp³-hybridized carbons (Fsp3) is 0.625. The molecule has 1 fully saturated rings. The van der Waals surface area contributed by atoms with E-state index in [4.69, 9.17) is 5.73 Å². The van der Waals surface area contributed by atoms with Gasteiger partial charge in [0, 0.05) is 11.4 Å². The second kappa shape index (κ2) is 5.43. The number of nitrogens with two attached hydrogens (primary N) is 1. The first-order chi connectivity index (χ1) is 10.1. The monoisotopic (exact) mass is 303 g/mol. The summed E-state index contributed by atoms with van der Waals surface area (Å²) in [5.74, 6) is 0.660. The van der Waals surface area contributed by atoms with Crippen LogP contribution in [0.2, 0.25) is 0 Å². The highest BCUT2D eigenvalue weighted by molar-refractivity contribution is 7.16. The van der Waals surface area contributed by atoms with E-state index in [2.05, 4.69) is 18.3 Å². The van der Waals surface area contributed by atoms with Crippen molar-refractivity contribution in [2.24, 2.45) is 17.1 Å². The fourth-order valence-electron chi connectivity index (χ4n) is 3.32. The molecule has 1 amide bonds. The number of nitrogens with one attached hydrogen (secondary N) is 1. The predicted octanol–water partition coefficient (Wildman–Crippen LogP) is 2.81. The summed E-state index contributed by atoms with van der Waals surface area (Å²) in [6.45, 7) is 2.63. The second-order valence-corrected chi connectivity index (χ2v) is 7.56. The standard InChI is InChI=1S/C16H21N3OS/c1-10-3-4-11-12(8-17)14(21-13(11)7-10)19-15(20)16(9-18)5-2-6-16/h10H,2-7,9,18H2,1H3,(H,19,20). The molecule has 0 aliphatic heterocycles. The van der Waals surface area contributed by atoms with Crippen molar-refractivity contribution in [1.82, 2.24) is 0 Å². The van der Waals surface area contributed by atoms with Crippen LogP contribution in [0.15, 0.2) is 0 Å². The molecule has 3 rings (SSSR count). The van der Waals surface area contributed by atoms with Gasteiger partial charge in [-0.1, -0.05) is 13.3 Å². The average molecular weight is 303 g/mol. The van der Waals surface area contributed by atoms with Gasteiger partial charge in [-0.3, -0.25) is 4.79 Å². The molecule has 0 saturated heterocycles. The fourth-order valence-corrected chi connectivity index (χ4v) is 4.68. The highest BCUT2D eigenvalue weighted by atomic mass is 32.1. The summed E-state index contributed by atoms with van der Waals surface area (Å²) in [6.07, 6.45) is 5.88. The highest BCUT2D eigenvalue weighted by Gasteiger charge is 2.43. The molecular formula is C16H21N3OS. The van der Waals surface area contributed by atoms with Crippen molar-refractivity contribution >= 4 is 22.2 Å². The zero-order valence-electron chi connectivity index (χ0n) is 12.4. The van der Waals surface area contributed by atoms with Crippen LogP contribution in [-0.4, -0.2) is 12.5 Å². The van der Waals surface area contributed by atoms with Gasteiger partial charge in [0.25, 0.3) is 0 Å². The maximum atomic E-state index is 12.5. The smallest absolute Gasteiger partial charge is 0.232 e. The van der Waals surface area contributed by atoms with Crippen LogP contribution >= 0.6 is 11.3 Å². The molecule has 2 aliphatic carbocycles. The van der Waals surface area contributed by atoms with Gasteiger partial charge < -0.3 is 11.1 Å². The number of amides is 1. The molecule has 1 aromatic rings. The summed E-state index contributed by atoms with van der Waals surface area (Å²) in [5, 5.41) is 13.2. The van der Waals surface area contributed by atoms with Crippen molar-refractivity contribution in [3.05, 3.63) is 16.0 Å². The van der Waals surface area contributed by atoms with Gasteiger partial charge in [0.1, 0.15) is 11.1 Å². The Morgan fingerprint density at radius 3 is 2.90 bits per heavy atom. The Labute approximate surface area is 129 Å². The largest absolute Gasteiger partial charge is 0.329 e. The van der Waals surface area contributed by atoms with Crippen molar-refractivity contribution in [3.8, 4) is 6.07 Å². The molecule has 4 nitrogen and oxygen atoms in total. The van der Waals surface area contributed by atoms with Crippen molar-refractivity contribution < 1.29 is 4.79 Å². The highest BCUT2D eigenvalue weighted by Crippen LogP contribution is 2.43. The van der Waals surface area contributed by atoms with Crippen molar-refractivity contribution in [1.29, 1.82) is 5.26 Å². The maximum Gasteiger partial charge on any atom is 0.232 e. The molecule has 0 radical (unpaired) electrons. The molecule has 21 heavy (non-hydrogen) atoms. The Bertz CT molecular complexity index is 604. The van der Waals surface area contributed by atoms with E-state index in [1.54, 1.807) is 11.3 Å². The lowest BCUT2D eigenvalue weighted by Gasteiger charge is -2.38. The van der Waals surface area contributed by atoms with Gasteiger partial charge in [-0.15, -0.1) is 11.3 Å². The van der Waals surface area contributed by atoms with E-state index in [0.717, 1.165) is 49.1 Å². The number of anilines is 1. The number of carbonyl (C=O) groups excluding carboxylic acids is 1. The maximum absolute atomic E-state index is 12.5. The summed E-state index contributed by atoms with van der Waals surface area (Å²) in [6, 6.07) is 2.29. The van der Waals surface area contributed by atoms with Gasteiger partial charge in [-0.25, -0.2) is 0 Å². The van der Waals surface area contributed by atoms with Gasteiger partial charge in [-0.05, 0) is 43.6 Å². The van der Waals surface area contributed by atoms with Crippen LogP contribution in [0, 0.1) is 22.7 Å². The van der Waals surface area contributed by atoms with Crippen molar-refractivity contribution in [3.63, 3.8) is 0 Å². The van der Waals surface area contributed by atoms with Crippen LogP contribution < -0.4 is 11.1 Å². The summed E-state index contributed by atoms with van der Waals surface area (Å²) in [4.78, 5) is 13.8. The summed E-state index contributed by atoms with van der Waals surface area (Å²) < 4.78 is 0. The molecule has 5 heteroatoms. The number of carbonyl (C=O) groups is 1. The van der Waals surface area contributed by atoms with Gasteiger partial charge >= 0.3 is 0 Å². The summed E-state index contributed by atoms with van der Waals surface area (Å²) >= 11 is 1.58. The predicted molar refractivity (Wildman–Crippen MR) is 84.2 cm³/mol. The molecule has 1 aromatic heterocycles. The minimum Gasteiger partial charge on any atom is -0.329 e. The second-order valence-electron chi connectivity index (χ2n) is 6.46. The number of thiophene rings is 1. The average Bonchev–Trinajstić information content (AvgIpc) is 2.74. The molecular weight excluding hydrogens is 282 g/mol. The van der Waals surface area contributed by atoms with E-state index >= 15 is 0 Å². The SMILES string of the molecule is CC1CCc2c(sc(NC(=O)C3(CN)CCC3)c2C#N)C1. The van der Waals surface area contributed by atoms with Crippen LogP contribution in [0.3, 0.4) is 0 Å². The first-order valence-electron chi connectivity index (χ1n) is 7.66. The Morgan fingerprint density at radius 1 is 1.57 bits per heavy atom. The number of rotatable bonds is 3. The Morgan fingerprint density at radius 2 is 2.33 bits per heavy atom. The minimum atomic E-state index is -0.398. The quantitative estimate of drug-likeness (QED) is 0.901. The van der Waals surface area contributed by atoms with Crippen molar-refractivity contribution in [2.45, 2.75) is 45.4 Å². The van der Waals surface area contributed by atoms with Crippen LogP contribution in [-0.2, 0) is 17.6 Å². The van der Waals surface area contributed by atoms with Crippen LogP contribution in [0.1, 0.15) is 48.6 Å². The van der Waals surface area contributed by atoms with E-state index in [1.807, 2.05) is 0 Å². The molecule has 0 bridgehead atoms. The zero-order valence-corrected chi connectivity index (χ0v) is 13.2. The van der Waals surface area contributed by atoms with E-state index in [0.29, 0.717) is 18.0 Å². The van der Waals surface area contributed by atoms with E-state index in [1.165, 1.54) is 4.88 Å². The molecule has 1 unspecified atom stereocenters. The zero-order chi connectivity index (χ0) is 15.0. The van der Waals surface area contributed by atoms with Gasteiger partial charge in [0.05, 0.1) is 11.0 Å². The first-order valence-corrected chi connectivity index (χ1v) is 8.47. The topological polar surface area (TPSA) is 78.9 Å². The molecule has 0 aromatic carbocycles. The van der Waals surface area contributed by atoms with Gasteiger partial charge in [0.15, 0.2) is 0 Å². The van der Waals surface area contributed by atoms with Gasteiger partial charge in [-0.2, -0.15) is 5.26 Å². The van der Waals surface area contributed by atoms with Crippen LogP contribution in [0.5, 0.6) is 0 Å². The molecule has 3 N–H and O–H groups in total. The lowest BCUT2D eigenvalue weighted by atomic mass is 9.68. The third-order valence-electron chi connectivity index (χ3n) is 5.03. The molecule has 1 atom stereocenters. The Kier molecular flexibility index (Phi) is 3.76. The minimum absolute atomic E-state index is 0.000560. The molecule has 2 aliphatic rings. The number of hydrogen-bond donors (Lipinski definition) is 2. The van der Waals surface area contributed by atoms with E-state index in [9.17, 15) is 10.1 Å². The summed E-state index contributed by atoms with van der Waals surface area (Å²) in [5.41, 5.74) is 7.23. The van der Waals surface area contributed by atoms with Crippen molar-refractivity contribution in [2.75, 3.05) is 11.9 Å². The molecule has 0 spiro atoms. The Balaban J connectivity index is 1.86. The number of fused-ring (bicyclic) bond motifs is 1. The lowest BCUT2D eigenvalue weighted by Crippen LogP contribution is -2.47. The molecule has 112 valence electrons. The third kappa shape index (κ3) is 2.37. The van der Waals surface area contributed by atoms with Crippen LogP contribution in [0.25, 0.3) is 0 Å². The van der Waals surface area contributed by atoms with Crippen LogP contribution in [0.4, 0.5) is 5.00 Å². The number of nitriles is 1. The number of nitrogens with zero attached hydrogens (tertiary/aromatic N) is 1. The first kappa shape index (κ1) is 14.6. The lowest BCUT2D eigenvalue weighted by molar-refractivity contribution is -0.129. The Hall–Kier alpha value is -1.38. The van der Waals surface area contributed by atoms with E-state index < -0.39 is 5.41 Å². The van der Waals surface area contributed by atoms with E-state index in [-0.39, 0.29) is 5.91 Å². The normalized spacial score (nSPS) is 22.8. The molecule has 1 saturated carbocycles. The summed E-state index contributed by atoms with van der Waals surface area (Å²) in [7, 11) is 0.